The number of ether oxygens (including phenoxy) is 4. The van der Waals surface area contributed by atoms with Crippen LogP contribution in [0.2, 0.25) is 0 Å². The van der Waals surface area contributed by atoms with Gasteiger partial charge in [0.25, 0.3) is 0 Å². The Morgan fingerprint density at radius 2 is 1.53 bits per heavy atom. The molecule has 3 aliphatic heterocycles. The summed E-state index contributed by atoms with van der Waals surface area (Å²) < 4.78 is 23.0. The van der Waals surface area contributed by atoms with Crippen LogP contribution in [0.15, 0.2) is 0 Å². The lowest BCUT2D eigenvalue weighted by atomic mass is 9.58. The molecule has 0 aromatic rings. The summed E-state index contributed by atoms with van der Waals surface area (Å²) in [4.78, 5) is 64.7. The molecule has 18 unspecified atom stereocenters. The number of esters is 4. The molecule has 4 aliphatic carbocycles. The average Bonchev–Trinajstić information content (AvgIpc) is 3.90. The summed E-state index contributed by atoms with van der Waals surface area (Å²) >= 11 is 0. The number of aliphatic hydroxyl groups is 1. The summed E-state index contributed by atoms with van der Waals surface area (Å²) in [7, 11) is 0. The van der Waals surface area contributed by atoms with Crippen molar-refractivity contribution in [2.24, 2.45) is 88.8 Å². The van der Waals surface area contributed by atoms with Gasteiger partial charge in [-0.05, 0) is 138 Å². The fraction of sp³-hybridized carbons (Fsp3) is 0.875. The van der Waals surface area contributed by atoms with Gasteiger partial charge in [0, 0.05) is 6.42 Å². The van der Waals surface area contributed by atoms with Crippen molar-refractivity contribution >= 4 is 29.8 Å². The topological polar surface area (TPSA) is 163 Å². The van der Waals surface area contributed by atoms with Gasteiger partial charge in [-0.2, -0.15) is 0 Å². The zero-order chi connectivity index (χ0) is 36.7. The van der Waals surface area contributed by atoms with E-state index in [1.165, 1.54) is 0 Å². The molecule has 6 bridgehead atoms. The SMILES string of the molecule is CC(O)CCOC(=O)C1CC2OC1C(CCC1C3CC(C(=O)OC(C)(C)C)C(C3)C1C1C3CC(C(=O)O)C(C3)C1CC1C(=O)OC(=O)C1C)C2C. The lowest BCUT2D eigenvalue weighted by Crippen LogP contribution is -2.45. The largest absolute Gasteiger partial charge is 0.481 e. The second-order valence-electron chi connectivity index (χ2n) is 18.6. The highest BCUT2D eigenvalue weighted by Gasteiger charge is 2.65. The molecule has 18 atom stereocenters. The van der Waals surface area contributed by atoms with Crippen molar-refractivity contribution in [2.45, 2.75) is 123 Å². The standard InChI is InChI=1S/C40H58O11/c1-17(41)9-10-48-37(45)30-16-31-18(2)22(34(30)49-31)7-8-23-20-11-26(29(12-20)39(47)51-40(4,5)6)33(23)32-21-13-25(28(14-21)35(42)43)27(32)15-24-19(3)36(44)50-38(24)46/h17-34,41H,7-16H2,1-6H3,(H,42,43). The van der Waals surface area contributed by atoms with Gasteiger partial charge in [-0.15, -0.1) is 0 Å². The lowest BCUT2D eigenvalue weighted by Gasteiger charge is -2.46. The van der Waals surface area contributed by atoms with E-state index in [-0.39, 0.29) is 84.0 Å². The molecule has 0 aromatic carbocycles. The number of carbonyl (C=O) groups is 5. The fourth-order valence-electron chi connectivity index (χ4n) is 12.7. The highest BCUT2D eigenvalue weighted by atomic mass is 16.6. The number of aliphatic hydroxyl groups excluding tert-OH is 1. The first-order valence-electron chi connectivity index (χ1n) is 19.7. The number of cyclic esters (lactones) is 2. The van der Waals surface area contributed by atoms with Crippen molar-refractivity contribution in [3.63, 3.8) is 0 Å². The summed E-state index contributed by atoms with van der Waals surface area (Å²) in [5, 5.41) is 19.9. The summed E-state index contributed by atoms with van der Waals surface area (Å²) in [6.07, 6.45) is 5.73. The predicted molar refractivity (Wildman–Crippen MR) is 181 cm³/mol. The Bertz CT molecular complexity index is 1400. The van der Waals surface area contributed by atoms with Gasteiger partial charge >= 0.3 is 29.8 Å². The molecule has 11 heteroatoms. The van der Waals surface area contributed by atoms with E-state index >= 15 is 0 Å². The van der Waals surface area contributed by atoms with E-state index in [4.69, 9.17) is 18.9 Å². The molecule has 0 radical (unpaired) electrons. The van der Waals surface area contributed by atoms with Crippen LogP contribution in [-0.4, -0.2) is 70.6 Å². The third-order valence-corrected chi connectivity index (χ3v) is 14.8. The van der Waals surface area contributed by atoms with Gasteiger partial charge < -0.3 is 29.2 Å². The predicted octanol–water partition coefficient (Wildman–Crippen LogP) is 5.05. The Balaban J connectivity index is 1.14. The van der Waals surface area contributed by atoms with Gasteiger partial charge in [-0.1, -0.05) is 13.8 Å². The second kappa shape index (κ2) is 13.7. The summed E-state index contributed by atoms with van der Waals surface area (Å²) in [6.45, 7) is 11.5. The Morgan fingerprint density at radius 1 is 0.843 bits per heavy atom. The number of carbonyl (C=O) groups excluding carboxylic acids is 4. The van der Waals surface area contributed by atoms with E-state index < -0.39 is 47.4 Å². The van der Waals surface area contributed by atoms with E-state index in [9.17, 15) is 34.2 Å². The molecule has 0 amide bonds. The van der Waals surface area contributed by atoms with Crippen molar-refractivity contribution in [1.82, 2.24) is 0 Å². The summed E-state index contributed by atoms with van der Waals surface area (Å²) in [5.74, 6) is -2.65. The van der Waals surface area contributed by atoms with E-state index in [1.807, 2.05) is 20.8 Å². The number of hydrogen-bond donors (Lipinski definition) is 2. The van der Waals surface area contributed by atoms with Crippen molar-refractivity contribution in [3.8, 4) is 0 Å². The molecular weight excluding hydrogens is 656 g/mol. The fourth-order valence-corrected chi connectivity index (χ4v) is 12.7. The first-order chi connectivity index (χ1) is 24.0. The van der Waals surface area contributed by atoms with Crippen molar-refractivity contribution in [2.75, 3.05) is 6.61 Å². The smallest absolute Gasteiger partial charge is 0.317 e. The normalized spacial score (nSPS) is 45.7. The summed E-state index contributed by atoms with van der Waals surface area (Å²) in [5.41, 5.74) is -0.602. The van der Waals surface area contributed by atoms with Crippen LogP contribution in [0.3, 0.4) is 0 Å². The van der Waals surface area contributed by atoms with E-state index in [0.29, 0.717) is 43.4 Å². The molecular formula is C40H58O11. The van der Waals surface area contributed by atoms with Crippen LogP contribution in [0.5, 0.6) is 0 Å². The molecule has 7 fully saturated rings. The van der Waals surface area contributed by atoms with Crippen LogP contribution < -0.4 is 0 Å². The molecule has 3 heterocycles. The van der Waals surface area contributed by atoms with Gasteiger partial charge in [0.1, 0.15) is 5.60 Å². The number of carboxylic acid groups (broad SMARTS) is 1. The first kappa shape index (κ1) is 36.8. The van der Waals surface area contributed by atoms with Gasteiger partial charge in [0.15, 0.2) is 0 Å². The maximum Gasteiger partial charge on any atom is 0.317 e. The third-order valence-electron chi connectivity index (χ3n) is 14.8. The first-order valence-corrected chi connectivity index (χ1v) is 19.7. The molecule has 4 saturated carbocycles. The zero-order valence-corrected chi connectivity index (χ0v) is 31.0. The van der Waals surface area contributed by atoms with Crippen LogP contribution in [0.25, 0.3) is 0 Å². The average molecular weight is 715 g/mol. The number of carboxylic acids is 1. The van der Waals surface area contributed by atoms with Crippen LogP contribution in [-0.2, 0) is 42.9 Å². The van der Waals surface area contributed by atoms with Crippen LogP contribution in [0, 0.1) is 88.8 Å². The highest BCUT2D eigenvalue weighted by Crippen LogP contribution is 2.68. The molecule has 51 heavy (non-hydrogen) atoms. The lowest BCUT2D eigenvalue weighted by molar-refractivity contribution is -0.164. The van der Waals surface area contributed by atoms with Gasteiger partial charge in [0.2, 0.25) is 0 Å². The zero-order valence-electron chi connectivity index (χ0n) is 31.0. The minimum Gasteiger partial charge on any atom is -0.481 e. The number of aliphatic carboxylic acids is 1. The summed E-state index contributed by atoms with van der Waals surface area (Å²) in [6, 6.07) is 0. The molecule has 7 aliphatic rings. The van der Waals surface area contributed by atoms with Gasteiger partial charge in [0.05, 0.1) is 54.5 Å². The third kappa shape index (κ3) is 6.65. The minimum atomic E-state index is -0.788. The second-order valence-corrected chi connectivity index (χ2v) is 18.6. The number of hydrogen-bond acceptors (Lipinski definition) is 10. The van der Waals surface area contributed by atoms with Crippen molar-refractivity contribution in [3.05, 3.63) is 0 Å². The Morgan fingerprint density at radius 3 is 2.16 bits per heavy atom. The number of rotatable bonds is 12. The van der Waals surface area contributed by atoms with Crippen LogP contribution in [0.1, 0.15) is 99.3 Å². The monoisotopic (exact) mass is 714 g/mol. The van der Waals surface area contributed by atoms with Crippen molar-refractivity contribution in [1.29, 1.82) is 0 Å². The highest BCUT2D eigenvalue weighted by molar-refractivity contribution is 5.96. The maximum absolute atomic E-state index is 13.7. The Labute approximate surface area is 301 Å². The van der Waals surface area contributed by atoms with Gasteiger partial charge in [-0.3, -0.25) is 24.0 Å². The Hall–Kier alpha value is -2.53. The van der Waals surface area contributed by atoms with E-state index in [2.05, 4.69) is 6.92 Å². The van der Waals surface area contributed by atoms with E-state index in [1.54, 1.807) is 13.8 Å². The Kier molecular flexibility index (Phi) is 9.90. The molecule has 7 rings (SSSR count). The molecule has 11 nitrogen and oxygen atoms in total. The minimum absolute atomic E-state index is 0.0143. The molecule has 2 N–H and O–H groups in total. The number of fused-ring (bicyclic) bond motifs is 6. The van der Waals surface area contributed by atoms with Crippen LogP contribution >= 0.6 is 0 Å². The quantitative estimate of drug-likeness (QED) is 0.158. The molecule has 3 saturated heterocycles. The molecule has 284 valence electrons. The molecule has 0 aromatic heterocycles. The maximum atomic E-state index is 13.7. The van der Waals surface area contributed by atoms with Crippen LogP contribution in [0.4, 0.5) is 0 Å². The van der Waals surface area contributed by atoms with Crippen molar-refractivity contribution < 1.29 is 53.1 Å². The van der Waals surface area contributed by atoms with E-state index in [0.717, 1.165) is 32.1 Å². The molecule has 0 spiro atoms. The van der Waals surface area contributed by atoms with Gasteiger partial charge in [-0.25, -0.2) is 0 Å².